The van der Waals surface area contributed by atoms with Crippen molar-refractivity contribution in [1.82, 2.24) is 20.4 Å². The molecule has 6 nitrogen and oxygen atoms in total. The molecule has 0 saturated carbocycles. The van der Waals surface area contributed by atoms with E-state index < -0.39 is 6.03 Å². The Kier molecular flexibility index (Phi) is 7.45. The fraction of sp³-hybridized carbons (Fsp3) is 0.444. The van der Waals surface area contributed by atoms with Crippen molar-refractivity contribution in [3.8, 4) is 0 Å². The maximum Gasteiger partial charge on any atom is 0.321 e. The summed E-state index contributed by atoms with van der Waals surface area (Å²) in [4.78, 5) is 27.7. The van der Waals surface area contributed by atoms with Crippen molar-refractivity contribution >= 4 is 11.9 Å². The van der Waals surface area contributed by atoms with Crippen LogP contribution in [0.25, 0.3) is 0 Å². The van der Waals surface area contributed by atoms with Crippen molar-refractivity contribution in [3.63, 3.8) is 0 Å². The summed E-state index contributed by atoms with van der Waals surface area (Å²) in [5, 5.41) is 4.85. The van der Waals surface area contributed by atoms with Gasteiger partial charge in [0.15, 0.2) is 0 Å². The van der Waals surface area contributed by atoms with E-state index in [1.165, 1.54) is 5.56 Å². The highest BCUT2D eigenvalue weighted by molar-refractivity contribution is 5.95. The van der Waals surface area contributed by atoms with Gasteiger partial charge in [0, 0.05) is 39.3 Å². The highest BCUT2D eigenvalue weighted by Gasteiger charge is 2.19. The molecule has 1 aliphatic rings. The molecule has 3 amide bonds. The van der Waals surface area contributed by atoms with E-state index >= 15 is 0 Å². The Morgan fingerprint density at radius 3 is 2.42 bits per heavy atom. The molecule has 6 heteroatoms. The molecular weight excluding hydrogens is 304 g/mol. The maximum absolute atomic E-state index is 11.8. The van der Waals surface area contributed by atoms with Crippen LogP contribution in [0.2, 0.25) is 0 Å². The average molecular weight is 330 g/mol. The number of carbonyl (C=O) groups is 2. The highest BCUT2D eigenvalue weighted by Crippen LogP contribution is 2.05. The second-order valence-electron chi connectivity index (χ2n) is 5.90. The number of benzene rings is 1. The largest absolute Gasteiger partial charge is 0.334 e. The minimum Gasteiger partial charge on any atom is -0.334 e. The third-order valence-electron chi connectivity index (χ3n) is 4.05. The van der Waals surface area contributed by atoms with Crippen LogP contribution in [0.3, 0.4) is 0 Å². The van der Waals surface area contributed by atoms with E-state index in [1.807, 2.05) is 6.07 Å². The van der Waals surface area contributed by atoms with Crippen LogP contribution in [-0.4, -0.2) is 67.6 Å². The van der Waals surface area contributed by atoms with Gasteiger partial charge in [-0.3, -0.25) is 15.0 Å². The number of hydrogen-bond acceptors (Lipinski definition) is 4. The number of imide groups is 1. The molecule has 1 fully saturated rings. The second-order valence-corrected chi connectivity index (χ2v) is 5.90. The number of piperazine rings is 1. The van der Waals surface area contributed by atoms with Crippen molar-refractivity contribution in [2.24, 2.45) is 0 Å². The summed E-state index contributed by atoms with van der Waals surface area (Å²) < 4.78 is 0. The standard InChI is InChI=1S/C18H26N4O2/c1-2-9-19-18(24)20-17(23)15-22-13-11-21(12-14-22)10-8-16-6-4-3-5-7-16/h2-7H,1,8-15H2,(H2,19,20,23,24). The first-order valence-corrected chi connectivity index (χ1v) is 8.34. The molecule has 0 aromatic heterocycles. The molecule has 0 radical (unpaired) electrons. The zero-order valence-electron chi connectivity index (χ0n) is 14.0. The van der Waals surface area contributed by atoms with Crippen LogP contribution in [0.5, 0.6) is 0 Å². The minimum atomic E-state index is -0.471. The molecule has 1 aromatic carbocycles. The van der Waals surface area contributed by atoms with Gasteiger partial charge in [0.05, 0.1) is 6.54 Å². The lowest BCUT2D eigenvalue weighted by Crippen LogP contribution is -2.51. The number of carbonyl (C=O) groups excluding carboxylic acids is 2. The molecule has 2 rings (SSSR count). The van der Waals surface area contributed by atoms with Crippen LogP contribution in [0, 0.1) is 0 Å². The molecule has 1 aliphatic heterocycles. The molecule has 1 aromatic rings. The Hall–Kier alpha value is -2.18. The van der Waals surface area contributed by atoms with Crippen molar-refractivity contribution in [2.45, 2.75) is 6.42 Å². The van der Waals surface area contributed by atoms with E-state index in [2.05, 4.69) is 51.3 Å². The van der Waals surface area contributed by atoms with Gasteiger partial charge in [-0.2, -0.15) is 0 Å². The lowest BCUT2D eigenvalue weighted by molar-refractivity contribution is -0.121. The van der Waals surface area contributed by atoms with E-state index in [-0.39, 0.29) is 12.5 Å². The molecule has 0 aliphatic carbocycles. The Bertz CT molecular complexity index is 539. The number of nitrogens with one attached hydrogen (secondary N) is 2. The van der Waals surface area contributed by atoms with E-state index in [4.69, 9.17) is 0 Å². The summed E-state index contributed by atoms with van der Waals surface area (Å²) in [5.41, 5.74) is 1.35. The first-order valence-electron chi connectivity index (χ1n) is 8.34. The highest BCUT2D eigenvalue weighted by atomic mass is 16.2. The fourth-order valence-corrected chi connectivity index (χ4v) is 2.68. The van der Waals surface area contributed by atoms with Gasteiger partial charge in [-0.1, -0.05) is 36.4 Å². The van der Waals surface area contributed by atoms with E-state index in [0.717, 1.165) is 39.1 Å². The van der Waals surface area contributed by atoms with E-state index in [9.17, 15) is 9.59 Å². The topological polar surface area (TPSA) is 64.7 Å². The van der Waals surface area contributed by atoms with Gasteiger partial charge >= 0.3 is 6.03 Å². The molecule has 0 atom stereocenters. The molecule has 0 bridgehead atoms. The fourth-order valence-electron chi connectivity index (χ4n) is 2.68. The Labute approximate surface area is 143 Å². The lowest BCUT2D eigenvalue weighted by atomic mass is 10.1. The van der Waals surface area contributed by atoms with E-state index in [0.29, 0.717) is 6.54 Å². The molecule has 0 spiro atoms. The quantitative estimate of drug-likeness (QED) is 0.728. The van der Waals surface area contributed by atoms with Crippen LogP contribution < -0.4 is 10.6 Å². The molecule has 1 heterocycles. The zero-order valence-corrected chi connectivity index (χ0v) is 14.0. The van der Waals surface area contributed by atoms with Crippen molar-refractivity contribution in [1.29, 1.82) is 0 Å². The summed E-state index contributed by atoms with van der Waals surface area (Å²) in [7, 11) is 0. The van der Waals surface area contributed by atoms with Crippen LogP contribution in [0.1, 0.15) is 5.56 Å². The summed E-state index contributed by atoms with van der Waals surface area (Å²) in [6.45, 7) is 8.73. The van der Waals surface area contributed by atoms with Gasteiger partial charge in [-0.15, -0.1) is 6.58 Å². The molecule has 2 N–H and O–H groups in total. The van der Waals surface area contributed by atoms with Crippen LogP contribution in [0.15, 0.2) is 43.0 Å². The molecule has 24 heavy (non-hydrogen) atoms. The van der Waals surface area contributed by atoms with Gasteiger partial charge in [0.2, 0.25) is 5.91 Å². The average Bonchev–Trinajstić information content (AvgIpc) is 2.60. The number of urea groups is 1. The normalized spacial score (nSPS) is 15.7. The van der Waals surface area contributed by atoms with E-state index in [1.54, 1.807) is 6.08 Å². The zero-order chi connectivity index (χ0) is 17.2. The summed E-state index contributed by atoms with van der Waals surface area (Å²) in [5.74, 6) is -0.269. The van der Waals surface area contributed by atoms with Gasteiger partial charge in [-0.05, 0) is 12.0 Å². The van der Waals surface area contributed by atoms with Crippen molar-refractivity contribution < 1.29 is 9.59 Å². The maximum atomic E-state index is 11.8. The smallest absolute Gasteiger partial charge is 0.321 e. The molecule has 130 valence electrons. The predicted molar refractivity (Wildman–Crippen MR) is 94.8 cm³/mol. The molecular formula is C18H26N4O2. The van der Waals surface area contributed by atoms with Gasteiger partial charge in [0.1, 0.15) is 0 Å². The van der Waals surface area contributed by atoms with Crippen LogP contribution in [-0.2, 0) is 11.2 Å². The van der Waals surface area contributed by atoms with Gasteiger partial charge in [-0.25, -0.2) is 4.79 Å². The summed E-state index contributed by atoms with van der Waals surface area (Å²) in [6, 6.07) is 10.00. The second kappa shape index (κ2) is 9.85. The minimum absolute atomic E-state index is 0.258. The van der Waals surface area contributed by atoms with Gasteiger partial charge in [0.25, 0.3) is 0 Å². The van der Waals surface area contributed by atoms with Crippen molar-refractivity contribution in [3.05, 3.63) is 48.6 Å². The number of hydrogen-bond donors (Lipinski definition) is 2. The monoisotopic (exact) mass is 330 g/mol. The third-order valence-corrected chi connectivity index (χ3v) is 4.05. The molecule has 1 saturated heterocycles. The Balaban J connectivity index is 1.62. The predicted octanol–water partition coefficient (Wildman–Crippen LogP) is 0.859. The number of nitrogens with zero attached hydrogens (tertiary/aromatic N) is 2. The third kappa shape index (κ3) is 6.52. The SMILES string of the molecule is C=CCNC(=O)NC(=O)CN1CCN(CCc2ccccc2)CC1. The number of rotatable bonds is 7. The molecule has 0 unspecified atom stereocenters. The number of amides is 3. The summed E-state index contributed by atoms with van der Waals surface area (Å²) >= 11 is 0. The van der Waals surface area contributed by atoms with Crippen molar-refractivity contribution in [2.75, 3.05) is 45.8 Å². The first kappa shape index (κ1) is 18.2. The van der Waals surface area contributed by atoms with Crippen LogP contribution in [0.4, 0.5) is 4.79 Å². The van der Waals surface area contributed by atoms with Gasteiger partial charge < -0.3 is 10.2 Å². The Morgan fingerprint density at radius 2 is 1.75 bits per heavy atom. The Morgan fingerprint density at radius 1 is 1.08 bits per heavy atom. The summed E-state index contributed by atoms with van der Waals surface area (Å²) in [6.07, 6.45) is 2.61. The van der Waals surface area contributed by atoms with Crippen LogP contribution >= 0.6 is 0 Å². The first-order chi connectivity index (χ1) is 11.7. The lowest BCUT2D eigenvalue weighted by Gasteiger charge is -2.34.